The maximum atomic E-state index is 10.3. The highest BCUT2D eigenvalue weighted by Gasteiger charge is 2.00. The molecule has 0 unspecified atom stereocenters. The lowest BCUT2D eigenvalue weighted by molar-refractivity contribution is -0.400. The monoisotopic (exact) mass is 381 g/mol. The maximum Gasteiger partial charge on any atom is 0.235 e. The first-order valence-corrected chi connectivity index (χ1v) is 7.01. The van der Waals surface area contributed by atoms with Gasteiger partial charge in [0.15, 0.2) is 0 Å². The minimum absolute atomic E-state index is 0.474. The van der Waals surface area contributed by atoms with Crippen LogP contribution in [0.15, 0.2) is 54.7 Å². The molecule has 0 heterocycles. The molecule has 0 N–H and O–H groups in total. The summed E-state index contributed by atoms with van der Waals surface area (Å²) in [6.07, 6.45) is 2.36. The van der Waals surface area contributed by atoms with Crippen LogP contribution in [0.4, 0.5) is 0 Å². The van der Waals surface area contributed by atoms with Crippen LogP contribution in [0, 0.1) is 13.7 Å². The van der Waals surface area contributed by atoms with Gasteiger partial charge in [-0.25, -0.2) is 0 Å². The standard InChI is InChI=1S/C15H12INO3/c16-15-7-2-1-5-13(15)11-20-14-6-3-4-12(10-14)8-9-17(18)19/h1-10H,11H2. The molecule has 0 radical (unpaired) electrons. The van der Waals surface area contributed by atoms with Crippen LogP contribution < -0.4 is 4.74 Å². The fraction of sp³-hybridized carbons (Fsp3) is 0.0667. The first kappa shape index (κ1) is 14.5. The van der Waals surface area contributed by atoms with Gasteiger partial charge in [0.05, 0.1) is 4.92 Å². The van der Waals surface area contributed by atoms with Crippen molar-refractivity contribution in [3.05, 3.63) is 79.5 Å². The molecule has 0 atom stereocenters. The van der Waals surface area contributed by atoms with Crippen molar-refractivity contribution in [1.82, 2.24) is 0 Å². The van der Waals surface area contributed by atoms with Crippen LogP contribution in [0.3, 0.4) is 0 Å². The van der Waals surface area contributed by atoms with Crippen molar-refractivity contribution in [1.29, 1.82) is 0 Å². The number of halogens is 1. The smallest absolute Gasteiger partial charge is 0.235 e. The molecule has 0 aliphatic heterocycles. The van der Waals surface area contributed by atoms with Crippen LogP contribution in [0.5, 0.6) is 5.75 Å². The number of benzene rings is 2. The second kappa shape index (κ2) is 7.04. The van der Waals surface area contributed by atoms with Crippen molar-refractivity contribution in [2.45, 2.75) is 6.61 Å². The highest BCUT2D eigenvalue weighted by molar-refractivity contribution is 14.1. The summed E-state index contributed by atoms with van der Waals surface area (Å²) in [4.78, 5) is 9.81. The Bertz CT molecular complexity index is 641. The van der Waals surface area contributed by atoms with E-state index in [0.717, 1.165) is 20.9 Å². The lowest BCUT2D eigenvalue weighted by atomic mass is 10.2. The highest BCUT2D eigenvalue weighted by atomic mass is 127. The van der Waals surface area contributed by atoms with E-state index in [0.29, 0.717) is 12.4 Å². The van der Waals surface area contributed by atoms with Crippen LogP contribution >= 0.6 is 22.6 Å². The van der Waals surface area contributed by atoms with Gasteiger partial charge < -0.3 is 4.74 Å². The molecule has 0 bridgehead atoms. The molecule has 0 aliphatic rings. The van der Waals surface area contributed by atoms with E-state index in [1.54, 1.807) is 12.1 Å². The Kier molecular flexibility index (Phi) is 5.11. The van der Waals surface area contributed by atoms with Crippen LogP contribution in [-0.4, -0.2) is 4.92 Å². The summed E-state index contributed by atoms with van der Waals surface area (Å²) in [7, 11) is 0. The van der Waals surface area contributed by atoms with E-state index in [4.69, 9.17) is 4.74 Å². The summed E-state index contributed by atoms with van der Waals surface area (Å²) in [6.45, 7) is 0.474. The van der Waals surface area contributed by atoms with Crippen LogP contribution in [-0.2, 0) is 6.61 Å². The van der Waals surface area contributed by atoms with Gasteiger partial charge in [-0.2, -0.15) is 0 Å². The molecule has 0 fully saturated rings. The van der Waals surface area contributed by atoms with E-state index in [1.165, 1.54) is 6.08 Å². The maximum absolute atomic E-state index is 10.3. The van der Waals surface area contributed by atoms with Crippen molar-refractivity contribution in [3.8, 4) is 5.75 Å². The molecule has 5 heteroatoms. The van der Waals surface area contributed by atoms with Crippen molar-refractivity contribution in [3.63, 3.8) is 0 Å². The predicted molar refractivity (Wildman–Crippen MR) is 86.0 cm³/mol. The SMILES string of the molecule is O=[N+]([O-])C=Cc1cccc(OCc2ccccc2I)c1. The van der Waals surface area contributed by atoms with Gasteiger partial charge in [0, 0.05) is 15.2 Å². The number of ether oxygens (including phenoxy) is 1. The van der Waals surface area contributed by atoms with E-state index < -0.39 is 4.92 Å². The molecule has 2 aromatic carbocycles. The summed E-state index contributed by atoms with van der Waals surface area (Å²) in [5, 5.41) is 10.3. The van der Waals surface area contributed by atoms with Crippen LogP contribution in [0.2, 0.25) is 0 Å². The van der Waals surface area contributed by atoms with E-state index in [2.05, 4.69) is 22.6 Å². The first-order chi connectivity index (χ1) is 9.65. The van der Waals surface area contributed by atoms with Crippen LogP contribution in [0.1, 0.15) is 11.1 Å². The normalized spacial score (nSPS) is 10.7. The van der Waals surface area contributed by atoms with Gasteiger partial charge in [-0.15, -0.1) is 0 Å². The van der Waals surface area contributed by atoms with E-state index >= 15 is 0 Å². The topological polar surface area (TPSA) is 52.4 Å². The first-order valence-electron chi connectivity index (χ1n) is 5.93. The summed E-state index contributed by atoms with van der Waals surface area (Å²) in [5.74, 6) is 0.690. The molecule has 2 aromatic rings. The average Bonchev–Trinajstić information content (AvgIpc) is 2.45. The van der Waals surface area contributed by atoms with Gasteiger partial charge in [0.25, 0.3) is 0 Å². The van der Waals surface area contributed by atoms with Gasteiger partial charge >= 0.3 is 0 Å². The molecule has 0 aromatic heterocycles. The molecule has 20 heavy (non-hydrogen) atoms. The fourth-order valence-electron chi connectivity index (χ4n) is 1.63. The Morgan fingerprint density at radius 1 is 1.20 bits per heavy atom. The van der Waals surface area contributed by atoms with E-state index in [-0.39, 0.29) is 0 Å². The number of hydrogen-bond acceptors (Lipinski definition) is 3. The average molecular weight is 381 g/mol. The number of rotatable bonds is 5. The summed E-state index contributed by atoms with van der Waals surface area (Å²) in [6, 6.07) is 15.2. The number of hydrogen-bond donors (Lipinski definition) is 0. The second-order valence-corrected chi connectivity index (χ2v) is 5.22. The molecule has 4 nitrogen and oxygen atoms in total. The van der Waals surface area contributed by atoms with Gasteiger partial charge in [0.1, 0.15) is 12.4 Å². The quantitative estimate of drug-likeness (QED) is 0.445. The lowest BCUT2D eigenvalue weighted by Gasteiger charge is -2.08. The number of nitrogens with zero attached hydrogens (tertiary/aromatic N) is 1. The Hall–Kier alpha value is -1.89. The molecular formula is C15H12INO3. The second-order valence-electron chi connectivity index (χ2n) is 4.05. The molecule has 0 saturated heterocycles. The summed E-state index contributed by atoms with van der Waals surface area (Å²) >= 11 is 2.26. The van der Waals surface area contributed by atoms with Crippen LogP contribution in [0.25, 0.3) is 6.08 Å². The lowest BCUT2D eigenvalue weighted by Crippen LogP contribution is -1.97. The molecule has 102 valence electrons. The predicted octanol–water partition coefficient (Wildman–Crippen LogP) is 4.12. The van der Waals surface area contributed by atoms with Crippen molar-refractivity contribution < 1.29 is 9.66 Å². The Morgan fingerprint density at radius 3 is 2.75 bits per heavy atom. The summed E-state index contributed by atoms with van der Waals surface area (Å²) < 4.78 is 6.86. The zero-order valence-electron chi connectivity index (χ0n) is 10.5. The molecule has 0 spiro atoms. The van der Waals surface area contributed by atoms with Gasteiger partial charge in [0.2, 0.25) is 6.20 Å². The van der Waals surface area contributed by atoms with Crippen molar-refractivity contribution in [2.75, 3.05) is 0 Å². The van der Waals surface area contributed by atoms with Gasteiger partial charge in [-0.05, 0) is 46.4 Å². The summed E-state index contributed by atoms with van der Waals surface area (Å²) in [5.41, 5.74) is 1.85. The zero-order valence-corrected chi connectivity index (χ0v) is 12.7. The highest BCUT2D eigenvalue weighted by Crippen LogP contribution is 2.18. The Balaban J connectivity index is 2.05. The minimum atomic E-state index is -0.486. The Labute approximate surface area is 130 Å². The van der Waals surface area contributed by atoms with Crippen molar-refractivity contribution >= 4 is 28.7 Å². The number of nitro groups is 1. The fourth-order valence-corrected chi connectivity index (χ4v) is 2.17. The molecular weight excluding hydrogens is 369 g/mol. The molecule has 0 amide bonds. The largest absolute Gasteiger partial charge is 0.489 e. The Morgan fingerprint density at radius 2 is 2.00 bits per heavy atom. The van der Waals surface area contributed by atoms with E-state index in [9.17, 15) is 10.1 Å². The molecule has 2 rings (SSSR count). The minimum Gasteiger partial charge on any atom is -0.489 e. The third kappa shape index (κ3) is 4.34. The van der Waals surface area contributed by atoms with Gasteiger partial charge in [-0.1, -0.05) is 30.3 Å². The zero-order chi connectivity index (χ0) is 14.4. The van der Waals surface area contributed by atoms with Crippen molar-refractivity contribution in [2.24, 2.45) is 0 Å². The molecule has 0 aliphatic carbocycles. The third-order valence-electron chi connectivity index (χ3n) is 2.60. The van der Waals surface area contributed by atoms with E-state index in [1.807, 2.05) is 36.4 Å². The third-order valence-corrected chi connectivity index (χ3v) is 3.65. The van der Waals surface area contributed by atoms with Gasteiger partial charge in [-0.3, -0.25) is 10.1 Å². The molecule has 0 saturated carbocycles.